The van der Waals surface area contributed by atoms with Gasteiger partial charge >= 0.3 is 11.4 Å². The van der Waals surface area contributed by atoms with E-state index in [-0.39, 0.29) is 11.2 Å². The highest BCUT2D eigenvalue weighted by molar-refractivity contribution is 5.68. The molecule has 3 rings (SSSR count). The minimum atomic E-state index is -1.52. The molecule has 1 aliphatic rings. The highest BCUT2D eigenvalue weighted by atomic mass is 16.6. The van der Waals surface area contributed by atoms with E-state index < -0.39 is 48.1 Å². The Morgan fingerprint density at radius 2 is 1.81 bits per heavy atom. The van der Waals surface area contributed by atoms with Crippen molar-refractivity contribution < 1.29 is 20.1 Å². The minimum absolute atomic E-state index is 0.177. The van der Waals surface area contributed by atoms with Crippen LogP contribution >= 0.6 is 0 Å². The van der Waals surface area contributed by atoms with Gasteiger partial charge in [0, 0.05) is 0 Å². The maximum atomic E-state index is 11.9. The molecular weight excluding hydrogens is 288 g/mol. The van der Waals surface area contributed by atoms with E-state index in [4.69, 9.17) is 9.84 Å². The van der Waals surface area contributed by atoms with Crippen molar-refractivity contribution in [3.05, 3.63) is 31.3 Å². The predicted octanol–water partition coefficient (Wildman–Crippen LogP) is -3.68. The van der Waals surface area contributed by atoms with E-state index in [9.17, 15) is 24.6 Å². The SMILES string of the molecule is O=c1[nH]c2c(=O)[nH]c(=O)n([C@@H]3O[C@H](CO)[C@H](O)[C@@H]3O)c2[nH]1. The van der Waals surface area contributed by atoms with E-state index >= 15 is 0 Å². The van der Waals surface area contributed by atoms with Gasteiger partial charge in [0.05, 0.1) is 6.61 Å². The first-order chi connectivity index (χ1) is 9.93. The Labute approximate surface area is 114 Å². The molecule has 114 valence electrons. The molecule has 1 saturated heterocycles. The first-order valence-corrected chi connectivity index (χ1v) is 6.03. The van der Waals surface area contributed by atoms with Crippen LogP contribution in [0.25, 0.3) is 11.2 Å². The molecule has 6 N–H and O–H groups in total. The summed E-state index contributed by atoms with van der Waals surface area (Å²) in [6.07, 6.45) is -5.40. The predicted molar refractivity (Wildman–Crippen MR) is 66.8 cm³/mol. The lowest BCUT2D eigenvalue weighted by molar-refractivity contribution is -0.0530. The van der Waals surface area contributed by atoms with Gasteiger partial charge in [-0.2, -0.15) is 0 Å². The Kier molecular flexibility index (Phi) is 3.06. The number of rotatable bonds is 2. The third-order valence-corrected chi connectivity index (χ3v) is 3.39. The Hall–Kier alpha value is -2.21. The fourth-order valence-electron chi connectivity index (χ4n) is 2.38. The summed E-state index contributed by atoms with van der Waals surface area (Å²) < 4.78 is 6.02. The zero-order chi connectivity index (χ0) is 15.3. The van der Waals surface area contributed by atoms with Crippen LogP contribution in [0.5, 0.6) is 0 Å². The molecule has 1 fully saturated rings. The van der Waals surface area contributed by atoms with Crippen molar-refractivity contribution >= 4 is 11.2 Å². The fourth-order valence-corrected chi connectivity index (χ4v) is 2.38. The zero-order valence-corrected chi connectivity index (χ0v) is 10.4. The number of fused-ring (bicyclic) bond motifs is 1. The number of aliphatic hydroxyl groups excluding tert-OH is 3. The monoisotopic (exact) mass is 300 g/mol. The van der Waals surface area contributed by atoms with Crippen LogP contribution in [0.15, 0.2) is 14.4 Å². The van der Waals surface area contributed by atoms with E-state index in [1.54, 1.807) is 0 Å². The quantitative estimate of drug-likeness (QED) is 0.331. The van der Waals surface area contributed by atoms with Gasteiger partial charge in [-0.25, -0.2) is 14.2 Å². The van der Waals surface area contributed by atoms with Crippen molar-refractivity contribution in [1.29, 1.82) is 0 Å². The molecule has 0 radical (unpaired) electrons. The smallest absolute Gasteiger partial charge is 0.332 e. The standard InChI is InChI=1S/C10H12N4O7/c15-1-2-4(16)5(17)8(21-2)14-6-3(11-9(19)12-6)7(18)13-10(14)20/h2,4-5,8,15-17H,1H2,(H2,11,12,19)(H,13,18,20)/t2-,4+,5+,8-/m1/s1. The summed E-state index contributed by atoms with van der Waals surface area (Å²) in [6, 6.07) is 0. The summed E-state index contributed by atoms with van der Waals surface area (Å²) in [7, 11) is 0. The van der Waals surface area contributed by atoms with Crippen LogP contribution in [0.2, 0.25) is 0 Å². The number of aliphatic hydroxyl groups is 3. The lowest BCUT2D eigenvalue weighted by atomic mass is 10.1. The number of aromatic nitrogens is 4. The first kappa shape index (κ1) is 13.8. The van der Waals surface area contributed by atoms with Crippen LogP contribution < -0.4 is 16.9 Å². The van der Waals surface area contributed by atoms with Crippen molar-refractivity contribution in [3.8, 4) is 0 Å². The second kappa shape index (κ2) is 4.66. The molecule has 0 aliphatic carbocycles. The lowest BCUT2D eigenvalue weighted by Crippen LogP contribution is -2.38. The average Bonchev–Trinajstić information content (AvgIpc) is 2.94. The van der Waals surface area contributed by atoms with Crippen molar-refractivity contribution in [1.82, 2.24) is 19.5 Å². The maximum absolute atomic E-state index is 11.9. The second-order valence-electron chi connectivity index (χ2n) is 4.66. The summed E-state index contributed by atoms with van der Waals surface area (Å²) in [5.41, 5.74) is -2.84. The van der Waals surface area contributed by atoms with E-state index in [1.807, 2.05) is 4.98 Å². The zero-order valence-electron chi connectivity index (χ0n) is 10.4. The van der Waals surface area contributed by atoms with Gasteiger partial charge in [0.15, 0.2) is 17.4 Å². The van der Waals surface area contributed by atoms with E-state index in [0.717, 1.165) is 4.57 Å². The second-order valence-corrected chi connectivity index (χ2v) is 4.66. The van der Waals surface area contributed by atoms with E-state index in [1.165, 1.54) is 0 Å². The van der Waals surface area contributed by atoms with E-state index in [0.29, 0.717) is 0 Å². The van der Waals surface area contributed by atoms with Crippen LogP contribution in [-0.2, 0) is 4.74 Å². The molecule has 11 heteroatoms. The van der Waals surface area contributed by atoms with Gasteiger partial charge in [-0.1, -0.05) is 0 Å². The number of ether oxygens (including phenoxy) is 1. The van der Waals surface area contributed by atoms with Gasteiger partial charge in [0.2, 0.25) is 0 Å². The summed E-state index contributed by atoms with van der Waals surface area (Å²) in [6.45, 7) is -0.570. The summed E-state index contributed by atoms with van der Waals surface area (Å²) in [5.74, 6) is 0. The molecule has 0 aromatic carbocycles. The number of nitrogens with zero attached hydrogens (tertiary/aromatic N) is 1. The van der Waals surface area contributed by atoms with Crippen molar-refractivity contribution in [2.45, 2.75) is 24.5 Å². The summed E-state index contributed by atoms with van der Waals surface area (Å²) in [4.78, 5) is 41.3. The number of H-pyrrole nitrogens is 3. The van der Waals surface area contributed by atoms with Crippen molar-refractivity contribution in [2.24, 2.45) is 0 Å². The summed E-state index contributed by atoms with van der Waals surface area (Å²) in [5, 5.41) is 28.7. The Bertz CT molecular complexity index is 845. The van der Waals surface area contributed by atoms with Gasteiger partial charge < -0.3 is 20.1 Å². The van der Waals surface area contributed by atoms with Gasteiger partial charge in [-0.15, -0.1) is 0 Å². The van der Waals surface area contributed by atoms with E-state index in [2.05, 4.69) is 9.97 Å². The van der Waals surface area contributed by atoms with Gasteiger partial charge in [0.25, 0.3) is 5.56 Å². The fraction of sp³-hybridized carbons (Fsp3) is 0.500. The third kappa shape index (κ3) is 1.94. The molecule has 0 amide bonds. The average molecular weight is 300 g/mol. The largest absolute Gasteiger partial charge is 0.394 e. The molecule has 4 atom stereocenters. The molecular formula is C10H12N4O7. The first-order valence-electron chi connectivity index (χ1n) is 6.03. The van der Waals surface area contributed by atoms with Gasteiger partial charge in [0.1, 0.15) is 18.3 Å². The molecule has 0 bridgehead atoms. The molecule has 0 unspecified atom stereocenters. The number of aromatic amines is 3. The highest BCUT2D eigenvalue weighted by Gasteiger charge is 2.44. The topological polar surface area (TPSA) is 173 Å². The maximum Gasteiger partial charge on any atom is 0.332 e. The third-order valence-electron chi connectivity index (χ3n) is 3.39. The van der Waals surface area contributed by atoms with Crippen LogP contribution in [0.3, 0.4) is 0 Å². The normalized spacial score (nSPS) is 29.3. The van der Waals surface area contributed by atoms with Crippen molar-refractivity contribution in [3.63, 3.8) is 0 Å². The van der Waals surface area contributed by atoms with Crippen LogP contribution in [0, 0.1) is 0 Å². The number of hydrogen-bond acceptors (Lipinski definition) is 7. The van der Waals surface area contributed by atoms with Gasteiger partial charge in [-0.3, -0.25) is 19.7 Å². The molecule has 0 spiro atoms. The molecule has 3 heterocycles. The molecule has 21 heavy (non-hydrogen) atoms. The number of hydrogen-bond donors (Lipinski definition) is 6. The van der Waals surface area contributed by atoms with Crippen LogP contribution in [0.4, 0.5) is 0 Å². The Balaban J connectivity index is 2.24. The van der Waals surface area contributed by atoms with Crippen LogP contribution in [0.1, 0.15) is 6.23 Å². The van der Waals surface area contributed by atoms with Crippen molar-refractivity contribution in [2.75, 3.05) is 6.61 Å². The summed E-state index contributed by atoms with van der Waals surface area (Å²) >= 11 is 0. The molecule has 2 aromatic rings. The Morgan fingerprint density at radius 3 is 2.43 bits per heavy atom. The lowest BCUT2D eigenvalue weighted by Gasteiger charge is -2.17. The Morgan fingerprint density at radius 1 is 1.10 bits per heavy atom. The highest BCUT2D eigenvalue weighted by Crippen LogP contribution is 2.29. The van der Waals surface area contributed by atoms with Crippen LogP contribution in [-0.4, -0.2) is 59.8 Å². The molecule has 0 saturated carbocycles. The minimum Gasteiger partial charge on any atom is -0.394 e. The molecule has 2 aromatic heterocycles. The number of imidazole rings is 1. The number of nitrogens with one attached hydrogen (secondary N) is 3. The molecule has 1 aliphatic heterocycles. The van der Waals surface area contributed by atoms with Gasteiger partial charge in [-0.05, 0) is 0 Å². The molecule has 11 nitrogen and oxygen atoms in total.